The van der Waals surface area contributed by atoms with Crippen molar-refractivity contribution >= 4 is 35.3 Å². The Balaban J connectivity index is 1.82. The minimum atomic E-state index is -1.21. The average Bonchev–Trinajstić information content (AvgIpc) is 3.14. The number of aromatic amines is 1. The summed E-state index contributed by atoms with van der Waals surface area (Å²) in [6.07, 6.45) is -0.740. The number of anilines is 1. The Morgan fingerprint density at radius 2 is 1.74 bits per heavy atom. The van der Waals surface area contributed by atoms with Crippen molar-refractivity contribution < 1.29 is 24.2 Å². The number of carbonyl (C=O) groups excluding carboxylic acids is 2. The molecule has 0 aliphatic carbocycles. The van der Waals surface area contributed by atoms with Crippen LogP contribution in [0.3, 0.4) is 0 Å². The molecule has 0 bridgehead atoms. The van der Waals surface area contributed by atoms with Crippen LogP contribution in [0.4, 0.5) is 10.5 Å². The van der Waals surface area contributed by atoms with E-state index < -0.39 is 36.0 Å². The monoisotopic (exact) mass is 498 g/mol. The Morgan fingerprint density at radius 3 is 2.34 bits per heavy atom. The van der Waals surface area contributed by atoms with E-state index >= 15 is 0 Å². The molecule has 35 heavy (non-hydrogen) atoms. The lowest BCUT2D eigenvalue weighted by Crippen LogP contribution is -2.36. The lowest BCUT2D eigenvalue weighted by molar-refractivity contribution is -0.139. The second-order valence-corrected chi connectivity index (χ2v) is 9.25. The molecule has 3 aromatic rings. The van der Waals surface area contributed by atoms with E-state index in [1.54, 1.807) is 45.0 Å². The van der Waals surface area contributed by atoms with Crippen LogP contribution in [0.2, 0.25) is 5.15 Å². The van der Waals surface area contributed by atoms with Crippen LogP contribution in [0.25, 0.3) is 11.3 Å². The molecule has 2 amide bonds. The summed E-state index contributed by atoms with van der Waals surface area (Å²) in [7, 11) is 0. The van der Waals surface area contributed by atoms with Gasteiger partial charge < -0.3 is 25.5 Å². The maximum atomic E-state index is 12.5. The second kappa shape index (κ2) is 11.1. The standard InChI is InChI=1S/C25H27ClN4O5/c1-25(2,3)35-24(34)28-18(13-15-7-5-4-6-8-15)23-29-21(22(26)30-23)16-9-11-17(12-10-16)27-19(31)14-20(32)33/h4-12,18H,13-14H2,1-3H3,(H,27,31)(H,28,34)(H,29,30)(H,32,33). The van der Waals surface area contributed by atoms with Crippen LogP contribution in [-0.2, 0) is 20.7 Å². The number of halogens is 1. The van der Waals surface area contributed by atoms with Gasteiger partial charge in [0.05, 0.1) is 6.04 Å². The molecule has 0 fully saturated rings. The Labute approximate surface area is 207 Å². The van der Waals surface area contributed by atoms with Crippen molar-refractivity contribution in [3.63, 3.8) is 0 Å². The number of H-pyrrole nitrogens is 1. The molecule has 0 radical (unpaired) electrons. The van der Waals surface area contributed by atoms with Crippen LogP contribution in [0, 0.1) is 0 Å². The van der Waals surface area contributed by atoms with Crippen molar-refractivity contribution in [3.05, 3.63) is 71.1 Å². The zero-order valence-corrected chi connectivity index (χ0v) is 20.3. The summed E-state index contributed by atoms with van der Waals surface area (Å²) in [6.45, 7) is 5.36. The largest absolute Gasteiger partial charge is 0.481 e. The van der Waals surface area contributed by atoms with Gasteiger partial charge in [-0.2, -0.15) is 0 Å². The van der Waals surface area contributed by atoms with Crippen molar-refractivity contribution in [1.82, 2.24) is 15.3 Å². The van der Waals surface area contributed by atoms with E-state index in [9.17, 15) is 14.4 Å². The van der Waals surface area contributed by atoms with Crippen molar-refractivity contribution in [2.24, 2.45) is 0 Å². The van der Waals surface area contributed by atoms with Crippen LogP contribution >= 0.6 is 11.6 Å². The lowest BCUT2D eigenvalue weighted by Gasteiger charge is -2.23. The van der Waals surface area contributed by atoms with Crippen molar-refractivity contribution in [1.29, 1.82) is 0 Å². The van der Waals surface area contributed by atoms with Gasteiger partial charge in [0.2, 0.25) is 5.91 Å². The summed E-state index contributed by atoms with van der Waals surface area (Å²) in [4.78, 5) is 42.5. The highest BCUT2D eigenvalue weighted by Crippen LogP contribution is 2.29. The molecule has 3 rings (SSSR count). The Morgan fingerprint density at radius 1 is 1.09 bits per heavy atom. The molecule has 1 aromatic heterocycles. The number of hydrogen-bond acceptors (Lipinski definition) is 5. The van der Waals surface area contributed by atoms with Gasteiger partial charge in [-0.1, -0.05) is 54.1 Å². The van der Waals surface area contributed by atoms with Crippen molar-refractivity contribution in [2.45, 2.75) is 45.3 Å². The molecule has 0 aliphatic heterocycles. The van der Waals surface area contributed by atoms with Crippen molar-refractivity contribution in [2.75, 3.05) is 5.32 Å². The number of carboxylic acid groups (broad SMARTS) is 1. The van der Waals surface area contributed by atoms with Gasteiger partial charge in [-0.3, -0.25) is 9.59 Å². The lowest BCUT2D eigenvalue weighted by atomic mass is 10.1. The predicted octanol–water partition coefficient (Wildman–Crippen LogP) is 4.95. The number of nitrogens with one attached hydrogen (secondary N) is 3. The molecule has 2 aromatic carbocycles. The van der Waals surface area contributed by atoms with Gasteiger partial charge in [-0.05, 0) is 38.5 Å². The Bertz CT molecular complexity index is 1190. The van der Waals surface area contributed by atoms with Gasteiger partial charge in [0, 0.05) is 17.7 Å². The molecule has 0 aliphatic rings. The fraction of sp³-hybridized carbons (Fsp3) is 0.280. The van der Waals surface area contributed by atoms with Gasteiger partial charge in [-0.15, -0.1) is 0 Å². The third-order valence-corrected chi connectivity index (χ3v) is 5.01. The molecule has 184 valence electrons. The molecular formula is C25H27ClN4O5. The van der Waals surface area contributed by atoms with Crippen LogP contribution in [0.1, 0.15) is 44.6 Å². The SMILES string of the molecule is CC(C)(C)OC(=O)NC(Cc1ccccc1)c1nc(-c2ccc(NC(=O)CC(=O)O)cc2)c(Cl)[nH]1. The van der Waals surface area contributed by atoms with E-state index in [2.05, 4.69) is 20.6 Å². The number of carboxylic acids is 1. The number of amides is 2. The second-order valence-electron chi connectivity index (χ2n) is 8.87. The summed E-state index contributed by atoms with van der Waals surface area (Å²) in [5.74, 6) is -1.37. The third kappa shape index (κ3) is 7.86. The van der Waals surface area contributed by atoms with Crippen LogP contribution in [0.15, 0.2) is 54.6 Å². The Kier molecular flexibility index (Phi) is 8.14. The number of benzene rings is 2. The molecule has 1 unspecified atom stereocenters. The number of imidazole rings is 1. The van der Waals surface area contributed by atoms with Gasteiger partial charge in [0.15, 0.2) is 0 Å². The first-order valence-electron chi connectivity index (χ1n) is 10.9. The van der Waals surface area contributed by atoms with Gasteiger partial charge in [0.25, 0.3) is 0 Å². The minimum absolute atomic E-state index is 0.284. The average molecular weight is 499 g/mol. The molecule has 4 N–H and O–H groups in total. The van der Waals surface area contributed by atoms with Crippen molar-refractivity contribution in [3.8, 4) is 11.3 Å². The molecule has 1 heterocycles. The molecule has 10 heteroatoms. The summed E-state index contributed by atoms with van der Waals surface area (Å²) in [5.41, 5.74) is 1.91. The third-order valence-electron chi connectivity index (χ3n) is 4.74. The van der Waals surface area contributed by atoms with E-state index in [0.29, 0.717) is 29.2 Å². The number of alkyl carbamates (subject to hydrolysis) is 1. The van der Waals surface area contributed by atoms with Gasteiger partial charge in [0.1, 0.15) is 28.7 Å². The van der Waals surface area contributed by atoms with E-state index in [1.807, 2.05) is 30.3 Å². The zero-order valence-electron chi connectivity index (χ0n) is 19.6. The van der Waals surface area contributed by atoms with E-state index in [0.717, 1.165) is 5.56 Å². The zero-order chi connectivity index (χ0) is 25.6. The molecular weight excluding hydrogens is 472 g/mol. The topological polar surface area (TPSA) is 133 Å². The van der Waals surface area contributed by atoms with Crippen LogP contribution in [0.5, 0.6) is 0 Å². The number of aliphatic carboxylic acids is 1. The fourth-order valence-corrected chi connectivity index (χ4v) is 3.54. The quantitative estimate of drug-likeness (QED) is 0.325. The first kappa shape index (κ1) is 25.8. The van der Waals surface area contributed by atoms with Crippen LogP contribution < -0.4 is 10.6 Å². The molecule has 0 saturated carbocycles. The smallest absolute Gasteiger partial charge is 0.408 e. The number of hydrogen-bond donors (Lipinski definition) is 4. The first-order chi connectivity index (χ1) is 16.5. The van der Waals surface area contributed by atoms with Crippen LogP contribution in [-0.4, -0.2) is 38.6 Å². The maximum Gasteiger partial charge on any atom is 0.408 e. The van der Waals surface area contributed by atoms with Gasteiger partial charge in [-0.25, -0.2) is 9.78 Å². The first-order valence-corrected chi connectivity index (χ1v) is 11.3. The molecule has 0 saturated heterocycles. The number of aromatic nitrogens is 2. The number of nitrogens with zero attached hydrogens (tertiary/aromatic N) is 1. The molecule has 0 spiro atoms. The Hall–Kier alpha value is -3.85. The molecule has 1 atom stereocenters. The van der Waals surface area contributed by atoms with E-state index in [-0.39, 0.29) is 5.15 Å². The van der Waals surface area contributed by atoms with Gasteiger partial charge >= 0.3 is 12.1 Å². The predicted molar refractivity (Wildman–Crippen MR) is 132 cm³/mol. The number of rotatable bonds is 8. The normalized spacial score (nSPS) is 12.0. The highest BCUT2D eigenvalue weighted by atomic mass is 35.5. The summed E-state index contributed by atoms with van der Waals surface area (Å²) in [5, 5.41) is 14.4. The highest BCUT2D eigenvalue weighted by molar-refractivity contribution is 6.31. The minimum Gasteiger partial charge on any atom is -0.481 e. The summed E-state index contributed by atoms with van der Waals surface area (Å²) < 4.78 is 5.42. The van der Waals surface area contributed by atoms with E-state index in [1.165, 1.54) is 0 Å². The summed E-state index contributed by atoms with van der Waals surface area (Å²) >= 11 is 6.45. The maximum absolute atomic E-state index is 12.5. The molecule has 9 nitrogen and oxygen atoms in total. The number of ether oxygens (including phenoxy) is 1. The fourth-order valence-electron chi connectivity index (χ4n) is 3.30. The van der Waals surface area contributed by atoms with E-state index in [4.69, 9.17) is 21.4 Å². The summed E-state index contributed by atoms with van der Waals surface area (Å²) in [6, 6.07) is 15.8. The highest BCUT2D eigenvalue weighted by Gasteiger charge is 2.24. The number of carbonyl (C=O) groups is 3.